The number of nitrogens with zero attached hydrogens (tertiary/aromatic N) is 2. The molecule has 2 aromatic carbocycles. The Bertz CT molecular complexity index is 1080. The van der Waals surface area contributed by atoms with Crippen molar-refractivity contribution in [3.8, 4) is 5.75 Å². The summed E-state index contributed by atoms with van der Waals surface area (Å²) in [7, 11) is 0. The van der Waals surface area contributed by atoms with Gasteiger partial charge in [-0.3, -0.25) is 9.59 Å². The second-order valence-corrected chi connectivity index (χ2v) is 11.3. The zero-order valence-electron chi connectivity index (χ0n) is 21.8. The summed E-state index contributed by atoms with van der Waals surface area (Å²) in [6.45, 7) is 3.20. The number of benzene rings is 2. The van der Waals surface area contributed by atoms with Crippen molar-refractivity contribution in [3.63, 3.8) is 0 Å². The monoisotopic (exact) mass is 506 g/mol. The molecule has 2 amide bonds. The molecule has 0 spiro atoms. The molecule has 2 saturated heterocycles. The lowest BCUT2D eigenvalue weighted by atomic mass is 9.74. The van der Waals surface area contributed by atoms with E-state index in [0.29, 0.717) is 26.1 Å². The average Bonchev–Trinajstić information content (AvgIpc) is 3.44. The molecule has 2 aliphatic heterocycles. The van der Waals surface area contributed by atoms with Crippen LogP contribution in [0.3, 0.4) is 0 Å². The van der Waals surface area contributed by atoms with Crippen LogP contribution in [0, 0.1) is 11.2 Å². The van der Waals surface area contributed by atoms with Crippen molar-refractivity contribution in [3.05, 3.63) is 66.0 Å². The molecule has 0 N–H and O–H groups in total. The molecule has 2 heterocycles. The fourth-order valence-corrected chi connectivity index (χ4v) is 6.72. The SMILES string of the molecule is O=C(C[C@@]1(COc2ccccc2)CCCN(C(=O)C2(c3cccc(F)c3)CCCC2)C1)N1CCCCC1. The number of halogens is 1. The van der Waals surface area contributed by atoms with Gasteiger partial charge in [-0.05, 0) is 74.8 Å². The van der Waals surface area contributed by atoms with Crippen LogP contribution in [0.15, 0.2) is 54.6 Å². The van der Waals surface area contributed by atoms with Crippen LogP contribution in [0.2, 0.25) is 0 Å². The molecule has 1 aliphatic carbocycles. The van der Waals surface area contributed by atoms with E-state index >= 15 is 0 Å². The number of hydrogen-bond acceptors (Lipinski definition) is 3. The minimum atomic E-state index is -0.678. The molecule has 6 heteroatoms. The Kier molecular flexibility index (Phi) is 7.82. The van der Waals surface area contributed by atoms with Crippen LogP contribution >= 0.6 is 0 Å². The average molecular weight is 507 g/mol. The molecule has 1 atom stereocenters. The van der Waals surface area contributed by atoms with Crippen LogP contribution in [0.5, 0.6) is 5.75 Å². The minimum absolute atomic E-state index is 0.0878. The van der Waals surface area contributed by atoms with Crippen LogP contribution in [0.4, 0.5) is 4.39 Å². The highest BCUT2D eigenvalue weighted by Crippen LogP contribution is 2.45. The zero-order valence-corrected chi connectivity index (χ0v) is 21.8. The topological polar surface area (TPSA) is 49.9 Å². The predicted molar refractivity (Wildman–Crippen MR) is 142 cm³/mol. The predicted octanol–water partition coefficient (Wildman–Crippen LogP) is 5.73. The van der Waals surface area contributed by atoms with Gasteiger partial charge in [0.05, 0.1) is 12.0 Å². The van der Waals surface area contributed by atoms with E-state index in [1.54, 1.807) is 12.1 Å². The first-order valence-electron chi connectivity index (χ1n) is 14.0. The summed E-state index contributed by atoms with van der Waals surface area (Å²) in [4.78, 5) is 31.7. The Labute approximate surface area is 220 Å². The van der Waals surface area contributed by atoms with E-state index in [2.05, 4.69) is 0 Å². The van der Waals surface area contributed by atoms with Crippen molar-refractivity contribution in [2.24, 2.45) is 5.41 Å². The summed E-state index contributed by atoms with van der Waals surface area (Å²) in [5.74, 6) is 0.743. The van der Waals surface area contributed by atoms with E-state index in [1.807, 2.05) is 46.2 Å². The molecule has 2 aromatic rings. The molecule has 37 heavy (non-hydrogen) atoms. The molecule has 0 aromatic heterocycles. The standard InChI is InChI=1S/C31H39FN2O3/c32-26-12-9-11-25(21-26)31(16-5-6-17-31)29(36)34-20-10-15-30(23-34,24-37-27-13-3-1-4-14-27)22-28(35)33-18-7-2-8-19-33/h1,3-4,9,11-14,21H,2,5-8,10,15-20,22-24H2/t30-/m0/s1. The Balaban J connectivity index is 1.39. The maximum absolute atomic E-state index is 14.3. The third-order valence-corrected chi connectivity index (χ3v) is 8.72. The normalized spacial score (nSPS) is 23.6. The van der Waals surface area contributed by atoms with E-state index in [0.717, 1.165) is 75.8 Å². The Morgan fingerprint density at radius 2 is 1.54 bits per heavy atom. The third-order valence-electron chi connectivity index (χ3n) is 8.72. The molecule has 0 bridgehead atoms. The van der Waals surface area contributed by atoms with Crippen LogP contribution in [0.25, 0.3) is 0 Å². The fraction of sp³-hybridized carbons (Fsp3) is 0.548. The molecule has 5 rings (SSSR count). The number of amides is 2. The molecule has 0 radical (unpaired) electrons. The van der Waals surface area contributed by atoms with Gasteiger partial charge in [-0.2, -0.15) is 0 Å². The van der Waals surface area contributed by atoms with Gasteiger partial charge in [-0.1, -0.05) is 43.2 Å². The van der Waals surface area contributed by atoms with E-state index in [-0.39, 0.29) is 17.6 Å². The second kappa shape index (κ2) is 11.2. The number of hydrogen-bond donors (Lipinski definition) is 0. The maximum atomic E-state index is 14.3. The first-order chi connectivity index (χ1) is 18.0. The smallest absolute Gasteiger partial charge is 0.233 e. The number of carbonyl (C=O) groups is 2. The summed E-state index contributed by atoms with van der Waals surface area (Å²) in [6, 6.07) is 16.3. The fourth-order valence-electron chi connectivity index (χ4n) is 6.72. The summed E-state index contributed by atoms with van der Waals surface area (Å²) < 4.78 is 20.5. The lowest BCUT2D eigenvalue weighted by molar-refractivity contribution is -0.145. The lowest BCUT2D eigenvalue weighted by Crippen LogP contribution is -2.55. The number of rotatable bonds is 7. The first-order valence-corrected chi connectivity index (χ1v) is 14.0. The van der Waals surface area contributed by atoms with Crippen LogP contribution in [-0.2, 0) is 15.0 Å². The van der Waals surface area contributed by atoms with Gasteiger partial charge in [0, 0.05) is 38.0 Å². The molecule has 1 saturated carbocycles. The molecule has 0 unspecified atom stereocenters. The van der Waals surface area contributed by atoms with E-state index in [9.17, 15) is 14.0 Å². The van der Waals surface area contributed by atoms with Gasteiger partial charge in [-0.25, -0.2) is 4.39 Å². The maximum Gasteiger partial charge on any atom is 0.233 e. The highest BCUT2D eigenvalue weighted by molar-refractivity contribution is 5.89. The van der Waals surface area contributed by atoms with Gasteiger partial charge in [0.1, 0.15) is 11.6 Å². The molecular weight excluding hydrogens is 467 g/mol. The van der Waals surface area contributed by atoms with Crippen LogP contribution in [-0.4, -0.2) is 54.4 Å². The zero-order chi connectivity index (χ0) is 25.7. The second-order valence-electron chi connectivity index (χ2n) is 11.3. The van der Waals surface area contributed by atoms with Gasteiger partial charge in [0.2, 0.25) is 11.8 Å². The van der Waals surface area contributed by atoms with Crippen LogP contribution in [0.1, 0.15) is 69.8 Å². The van der Waals surface area contributed by atoms with Crippen molar-refractivity contribution in [2.75, 3.05) is 32.8 Å². The van der Waals surface area contributed by atoms with Crippen molar-refractivity contribution >= 4 is 11.8 Å². The Morgan fingerprint density at radius 1 is 0.811 bits per heavy atom. The largest absolute Gasteiger partial charge is 0.493 e. The number of carbonyl (C=O) groups excluding carboxylic acids is 2. The van der Waals surface area contributed by atoms with Gasteiger partial charge in [0.25, 0.3) is 0 Å². The van der Waals surface area contributed by atoms with E-state index < -0.39 is 10.8 Å². The number of likely N-dealkylation sites (tertiary alicyclic amines) is 2. The van der Waals surface area contributed by atoms with Gasteiger partial charge >= 0.3 is 0 Å². The molecule has 198 valence electrons. The van der Waals surface area contributed by atoms with Gasteiger partial charge in [-0.15, -0.1) is 0 Å². The van der Waals surface area contributed by atoms with Crippen LogP contribution < -0.4 is 4.74 Å². The van der Waals surface area contributed by atoms with Gasteiger partial charge in [0.15, 0.2) is 0 Å². The summed E-state index contributed by atoms with van der Waals surface area (Å²) in [5, 5.41) is 0. The lowest BCUT2D eigenvalue weighted by Gasteiger charge is -2.46. The molecule has 5 nitrogen and oxygen atoms in total. The highest BCUT2D eigenvalue weighted by atomic mass is 19.1. The van der Waals surface area contributed by atoms with Gasteiger partial charge < -0.3 is 14.5 Å². The van der Waals surface area contributed by atoms with Crippen molar-refractivity contribution < 1.29 is 18.7 Å². The Hall–Kier alpha value is -2.89. The third kappa shape index (κ3) is 5.68. The van der Waals surface area contributed by atoms with Crippen molar-refractivity contribution in [2.45, 2.75) is 69.6 Å². The van der Waals surface area contributed by atoms with E-state index in [4.69, 9.17) is 4.74 Å². The summed E-state index contributed by atoms with van der Waals surface area (Å²) in [5.41, 5.74) is -0.335. The molecule has 3 aliphatic rings. The minimum Gasteiger partial charge on any atom is -0.493 e. The number of ether oxygens (including phenoxy) is 1. The van der Waals surface area contributed by atoms with E-state index in [1.165, 1.54) is 12.5 Å². The molecule has 3 fully saturated rings. The number of piperidine rings is 2. The quantitative estimate of drug-likeness (QED) is 0.482. The molecular formula is C31H39FN2O3. The van der Waals surface area contributed by atoms with Crippen molar-refractivity contribution in [1.82, 2.24) is 9.80 Å². The summed E-state index contributed by atoms with van der Waals surface area (Å²) in [6.07, 6.45) is 8.76. The van der Waals surface area contributed by atoms with Crippen molar-refractivity contribution in [1.29, 1.82) is 0 Å². The first kappa shape index (κ1) is 25.7. The number of para-hydroxylation sites is 1. The highest BCUT2D eigenvalue weighted by Gasteiger charge is 2.48. The Morgan fingerprint density at radius 3 is 2.27 bits per heavy atom. The summed E-state index contributed by atoms with van der Waals surface area (Å²) >= 11 is 0.